The number of benzene rings is 2. The van der Waals surface area contributed by atoms with E-state index in [2.05, 4.69) is 5.32 Å². The van der Waals surface area contributed by atoms with Gasteiger partial charge in [0, 0.05) is 27.7 Å². The van der Waals surface area contributed by atoms with Gasteiger partial charge in [0.15, 0.2) is 0 Å². The fourth-order valence-electron chi connectivity index (χ4n) is 3.20. The molecule has 0 fully saturated rings. The third-order valence-electron chi connectivity index (χ3n) is 5.03. The number of halogens is 2. The molecule has 0 spiro atoms. The van der Waals surface area contributed by atoms with Gasteiger partial charge in [-0.3, -0.25) is 9.59 Å². The number of nitrogens with zero attached hydrogens (tertiary/aromatic N) is 3. The Labute approximate surface area is 193 Å². The van der Waals surface area contributed by atoms with Crippen molar-refractivity contribution in [3.8, 4) is 0 Å². The third-order valence-corrected chi connectivity index (χ3v) is 6.85. The number of nitrogens with one attached hydrogen (secondary N) is 1. The van der Waals surface area contributed by atoms with E-state index in [1.165, 1.54) is 62.4 Å². The van der Waals surface area contributed by atoms with Crippen LogP contribution in [0.3, 0.4) is 0 Å². The van der Waals surface area contributed by atoms with Gasteiger partial charge >= 0.3 is 10.2 Å². The molecule has 0 aliphatic heterocycles. The third kappa shape index (κ3) is 6.48. The van der Waals surface area contributed by atoms with Crippen molar-refractivity contribution in [1.82, 2.24) is 14.5 Å². The van der Waals surface area contributed by atoms with E-state index in [9.17, 15) is 26.8 Å². The number of amides is 2. The molecule has 2 aromatic rings. The maximum atomic E-state index is 13.4. The average molecular weight is 483 g/mol. The number of carbonyl (C=O) groups is 2. The van der Waals surface area contributed by atoms with E-state index in [0.717, 1.165) is 20.7 Å². The maximum absolute atomic E-state index is 13.4. The zero-order valence-corrected chi connectivity index (χ0v) is 19.8. The Morgan fingerprint density at radius 2 is 1.48 bits per heavy atom. The van der Waals surface area contributed by atoms with Crippen LogP contribution in [0.25, 0.3) is 0 Å². The highest BCUT2D eigenvalue weighted by molar-refractivity contribution is 7.90. The lowest BCUT2D eigenvalue weighted by molar-refractivity contribution is -0.140. The minimum atomic E-state index is -4.12. The van der Waals surface area contributed by atoms with Crippen molar-refractivity contribution in [2.24, 2.45) is 0 Å². The fraction of sp³-hybridized carbons (Fsp3) is 0.364. The molecular formula is C22H28F2N4O4S. The number of hydrogen-bond acceptors (Lipinski definition) is 4. The van der Waals surface area contributed by atoms with Gasteiger partial charge in [-0.1, -0.05) is 19.1 Å². The molecule has 2 aromatic carbocycles. The first kappa shape index (κ1) is 26.2. The number of hydrogen-bond donors (Lipinski definition) is 1. The summed E-state index contributed by atoms with van der Waals surface area (Å²) in [5, 5.41) is 2.51. The Morgan fingerprint density at radius 1 is 0.970 bits per heavy atom. The van der Waals surface area contributed by atoms with Crippen LogP contribution in [-0.2, 0) is 26.3 Å². The second-order valence-electron chi connectivity index (χ2n) is 7.46. The lowest BCUT2D eigenvalue weighted by atomic mass is 10.1. The van der Waals surface area contributed by atoms with Crippen LogP contribution >= 0.6 is 0 Å². The highest BCUT2D eigenvalue weighted by Crippen LogP contribution is 2.21. The Morgan fingerprint density at radius 3 is 1.94 bits per heavy atom. The zero-order valence-electron chi connectivity index (χ0n) is 19.0. The molecule has 0 aliphatic rings. The van der Waals surface area contributed by atoms with Gasteiger partial charge in [0.2, 0.25) is 11.8 Å². The highest BCUT2D eigenvalue weighted by Gasteiger charge is 2.33. The van der Waals surface area contributed by atoms with Crippen molar-refractivity contribution in [3.63, 3.8) is 0 Å². The topological polar surface area (TPSA) is 90.0 Å². The predicted octanol–water partition coefficient (Wildman–Crippen LogP) is 2.13. The molecule has 1 N–H and O–H groups in total. The van der Waals surface area contributed by atoms with Crippen molar-refractivity contribution in [2.75, 3.05) is 32.0 Å². The Balaban J connectivity index is 2.47. The van der Waals surface area contributed by atoms with Crippen molar-refractivity contribution in [3.05, 3.63) is 65.7 Å². The molecule has 0 aromatic heterocycles. The monoisotopic (exact) mass is 482 g/mol. The standard InChI is InChI=1S/C22H28F2N4O4S/c1-5-20(22(30)25-2)27(14-16-6-8-17(23)9-7-16)21(29)15-28(33(31,32)26(3)4)19-12-10-18(24)11-13-19/h6-13,20H,5,14-15H2,1-4H3,(H,25,30)/t20-/m1/s1. The summed E-state index contributed by atoms with van der Waals surface area (Å²) in [5.74, 6) is -2.08. The van der Waals surface area contributed by atoms with Crippen LogP contribution in [-0.4, -0.2) is 63.2 Å². The normalized spacial score (nSPS) is 12.3. The number of anilines is 1. The van der Waals surface area contributed by atoms with E-state index in [4.69, 9.17) is 0 Å². The summed E-state index contributed by atoms with van der Waals surface area (Å²) in [7, 11) is -0.0632. The molecular weight excluding hydrogens is 454 g/mol. The number of rotatable bonds is 10. The van der Waals surface area contributed by atoms with Crippen molar-refractivity contribution >= 4 is 27.7 Å². The molecule has 33 heavy (non-hydrogen) atoms. The first-order chi connectivity index (χ1) is 15.5. The lowest BCUT2D eigenvalue weighted by Crippen LogP contribution is -2.52. The van der Waals surface area contributed by atoms with Gasteiger partial charge in [-0.15, -0.1) is 0 Å². The van der Waals surface area contributed by atoms with Crippen molar-refractivity contribution in [2.45, 2.75) is 25.9 Å². The van der Waals surface area contributed by atoms with E-state index in [1.807, 2.05) is 0 Å². The molecule has 0 saturated heterocycles. The van der Waals surface area contributed by atoms with E-state index < -0.39 is 46.2 Å². The van der Waals surface area contributed by atoms with Gasteiger partial charge in [-0.05, 0) is 48.4 Å². The molecule has 0 heterocycles. The van der Waals surface area contributed by atoms with Crippen LogP contribution in [0.4, 0.5) is 14.5 Å². The van der Waals surface area contributed by atoms with Gasteiger partial charge in [0.25, 0.3) is 0 Å². The second kappa shape index (κ2) is 11.2. The first-order valence-electron chi connectivity index (χ1n) is 10.2. The SMILES string of the molecule is CC[C@H](C(=O)NC)N(Cc1ccc(F)cc1)C(=O)CN(c1ccc(F)cc1)S(=O)(=O)N(C)C. The minimum absolute atomic E-state index is 0.0374. The summed E-state index contributed by atoms with van der Waals surface area (Å²) >= 11 is 0. The second-order valence-corrected chi connectivity index (χ2v) is 9.53. The summed E-state index contributed by atoms with van der Waals surface area (Å²) < 4.78 is 54.5. The molecule has 0 unspecified atom stereocenters. The smallest absolute Gasteiger partial charge is 0.304 e. The van der Waals surface area contributed by atoms with Crippen LogP contribution in [0.1, 0.15) is 18.9 Å². The summed E-state index contributed by atoms with van der Waals surface area (Å²) in [6.45, 7) is 1.06. The highest BCUT2D eigenvalue weighted by atomic mass is 32.2. The van der Waals surface area contributed by atoms with E-state index in [1.54, 1.807) is 6.92 Å². The summed E-state index contributed by atoms with van der Waals surface area (Å²) in [6.07, 6.45) is 0.267. The van der Waals surface area contributed by atoms with Crippen LogP contribution in [0.5, 0.6) is 0 Å². The molecule has 2 amide bonds. The predicted molar refractivity (Wildman–Crippen MR) is 121 cm³/mol. The quantitative estimate of drug-likeness (QED) is 0.562. The molecule has 1 atom stereocenters. The molecule has 8 nitrogen and oxygen atoms in total. The molecule has 0 radical (unpaired) electrons. The zero-order chi connectivity index (χ0) is 24.8. The maximum Gasteiger partial charge on any atom is 0.304 e. The molecule has 0 saturated carbocycles. The van der Waals surface area contributed by atoms with Crippen LogP contribution < -0.4 is 9.62 Å². The van der Waals surface area contributed by atoms with E-state index in [-0.39, 0.29) is 18.7 Å². The van der Waals surface area contributed by atoms with Crippen LogP contribution in [0, 0.1) is 11.6 Å². The summed E-state index contributed by atoms with van der Waals surface area (Å²) in [6, 6.07) is 9.25. The van der Waals surface area contributed by atoms with E-state index >= 15 is 0 Å². The summed E-state index contributed by atoms with van der Waals surface area (Å²) in [4.78, 5) is 27.2. The lowest BCUT2D eigenvalue weighted by Gasteiger charge is -2.33. The van der Waals surface area contributed by atoms with Crippen molar-refractivity contribution in [1.29, 1.82) is 0 Å². The van der Waals surface area contributed by atoms with Gasteiger partial charge in [-0.25, -0.2) is 13.1 Å². The van der Waals surface area contributed by atoms with Gasteiger partial charge in [0.05, 0.1) is 5.69 Å². The number of likely N-dealkylation sites (N-methyl/N-ethyl adjacent to an activating group) is 1. The fourth-order valence-corrected chi connectivity index (χ4v) is 4.25. The van der Waals surface area contributed by atoms with Crippen LogP contribution in [0.2, 0.25) is 0 Å². The summed E-state index contributed by atoms with van der Waals surface area (Å²) in [5.41, 5.74) is 0.657. The Hall–Kier alpha value is -3.05. The van der Waals surface area contributed by atoms with Crippen molar-refractivity contribution < 1.29 is 26.8 Å². The van der Waals surface area contributed by atoms with Gasteiger partial charge in [-0.2, -0.15) is 12.7 Å². The van der Waals surface area contributed by atoms with Gasteiger partial charge in [0.1, 0.15) is 24.2 Å². The molecule has 2 rings (SSSR count). The molecule has 180 valence electrons. The van der Waals surface area contributed by atoms with E-state index in [0.29, 0.717) is 5.56 Å². The largest absolute Gasteiger partial charge is 0.357 e. The van der Waals surface area contributed by atoms with Gasteiger partial charge < -0.3 is 10.2 Å². The number of carbonyl (C=O) groups excluding carboxylic acids is 2. The minimum Gasteiger partial charge on any atom is -0.357 e. The molecule has 11 heteroatoms. The molecule has 0 bridgehead atoms. The Bertz CT molecular complexity index is 1060. The average Bonchev–Trinajstić information content (AvgIpc) is 2.78. The molecule has 0 aliphatic carbocycles. The first-order valence-corrected chi connectivity index (χ1v) is 11.6. The van der Waals surface area contributed by atoms with Crippen LogP contribution in [0.15, 0.2) is 48.5 Å². The Kier molecular flexibility index (Phi) is 8.89.